The van der Waals surface area contributed by atoms with Gasteiger partial charge in [0.25, 0.3) is 5.91 Å². The molecule has 2 amide bonds. The van der Waals surface area contributed by atoms with Crippen molar-refractivity contribution in [2.75, 3.05) is 22.3 Å². The number of nitrogens with one attached hydrogen (secondary N) is 2. The molecule has 2 N–H and O–H groups in total. The number of anilines is 2. The summed E-state index contributed by atoms with van der Waals surface area (Å²) in [4.78, 5) is 27.3. The SMILES string of the molecule is C[C@H](Nc1ccc(NC(=O)[C@@H]2CSCN2C(=O)c2ccccc2)cc1)c1ccccc1. The van der Waals surface area contributed by atoms with Gasteiger partial charge in [-0.2, -0.15) is 0 Å². The van der Waals surface area contributed by atoms with Crippen LogP contribution in [0.1, 0.15) is 28.9 Å². The lowest BCUT2D eigenvalue weighted by Gasteiger charge is -2.23. The van der Waals surface area contributed by atoms with E-state index >= 15 is 0 Å². The maximum Gasteiger partial charge on any atom is 0.255 e. The molecular weight excluding hydrogens is 406 g/mol. The topological polar surface area (TPSA) is 61.4 Å². The smallest absolute Gasteiger partial charge is 0.255 e. The van der Waals surface area contributed by atoms with Crippen molar-refractivity contribution in [3.05, 3.63) is 96.1 Å². The third-order valence-corrected chi connectivity index (χ3v) is 6.31. The standard InChI is InChI=1S/C25H25N3O2S/c1-18(19-8-4-2-5-9-19)26-21-12-14-22(15-13-21)27-24(29)23-16-31-17-28(23)25(30)20-10-6-3-7-11-20/h2-15,18,23,26H,16-17H2,1H3,(H,27,29)/t18-,23-/m0/s1. The zero-order chi connectivity index (χ0) is 21.6. The summed E-state index contributed by atoms with van der Waals surface area (Å²) in [5.74, 6) is 0.845. The van der Waals surface area contributed by atoms with E-state index in [4.69, 9.17) is 0 Å². The molecule has 4 rings (SSSR count). The molecule has 1 saturated heterocycles. The molecule has 0 bridgehead atoms. The molecule has 1 heterocycles. The Balaban J connectivity index is 1.37. The molecule has 1 fully saturated rings. The number of thioether (sulfide) groups is 1. The van der Waals surface area contributed by atoms with Crippen molar-refractivity contribution in [1.82, 2.24) is 4.90 Å². The van der Waals surface area contributed by atoms with Crippen LogP contribution in [0.2, 0.25) is 0 Å². The second-order valence-electron chi connectivity index (χ2n) is 7.50. The van der Waals surface area contributed by atoms with Crippen LogP contribution in [0, 0.1) is 0 Å². The number of carbonyl (C=O) groups excluding carboxylic acids is 2. The van der Waals surface area contributed by atoms with Gasteiger partial charge < -0.3 is 15.5 Å². The molecule has 158 valence electrons. The lowest BCUT2D eigenvalue weighted by atomic mass is 10.1. The summed E-state index contributed by atoms with van der Waals surface area (Å²) in [6.07, 6.45) is 0. The molecule has 5 nitrogen and oxygen atoms in total. The third-order valence-electron chi connectivity index (χ3n) is 5.30. The Labute approximate surface area is 186 Å². The van der Waals surface area contributed by atoms with Gasteiger partial charge in [-0.15, -0.1) is 11.8 Å². The highest BCUT2D eigenvalue weighted by Crippen LogP contribution is 2.25. The zero-order valence-corrected chi connectivity index (χ0v) is 18.1. The predicted molar refractivity (Wildman–Crippen MR) is 127 cm³/mol. The van der Waals surface area contributed by atoms with Crippen LogP contribution in [-0.4, -0.2) is 34.4 Å². The zero-order valence-electron chi connectivity index (χ0n) is 17.3. The highest BCUT2D eigenvalue weighted by atomic mass is 32.2. The minimum atomic E-state index is -0.478. The van der Waals surface area contributed by atoms with Gasteiger partial charge in [0.15, 0.2) is 0 Å². The molecule has 1 aliphatic heterocycles. The third kappa shape index (κ3) is 5.09. The Morgan fingerprint density at radius 3 is 2.19 bits per heavy atom. The van der Waals surface area contributed by atoms with E-state index in [1.165, 1.54) is 5.56 Å². The van der Waals surface area contributed by atoms with Gasteiger partial charge in [-0.3, -0.25) is 9.59 Å². The molecule has 0 spiro atoms. The average Bonchev–Trinajstić information content (AvgIpc) is 3.31. The molecule has 0 radical (unpaired) electrons. The van der Waals surface area contributed by atoms with E-state index in [9.17, 15) is 9.59 Å². The van der Waals surface area contributed by atoms with Crippen molar-refractivity contribution in [2.45, 2.75) is 19.0 Å². The Morgan fingerprint density at radius 2 is 1.52 bits per heavy atom. The van der Waals surface area contributed by atoms with Crippen LogP contribution in [-0.2, 0) is 4.79 Å². The molecule has 3 aromatic rings. The lowest BCUT2D eigenvalue weighted by Crippen LogP contribution is -2.44. The Bertz CT molecular complexity index is 1030. The second kappa shape index (κ2) is 9.71. The summed E-state index contributed by atoms with van der Waals surface area (Å²) in [7, 11) is 0. The summed E-state index contributed by atoms with van der Waals surface area (Å²) in [5.41, 5.74) is 3.51. The largest absolute Gasteiger partial charge is 0.379 e. The quantitative estimate of drug-likeness (QED) is 0.576. The van der Waals surface area contributed by atoms with E-state index in [1.807, 2.05) is 60.7 Å². The fourth-order valence-corrected chi connectivity index (χ4v) is 4.71. The molecule has 1 aliphatic rings. The first-order valence-electron chi connectivity index (χ1n) is 10.3. The van der Waals surface area contributed by atoms with Crippen LogP contribution in [0.5, 0.6) is 0 Å². The van der Waals surface area contributed by atoms with Gasteiger partial charge in [-0.1, -0.05) is 48.5 Å². The summed E-state index contributed by atoms with van der Waals surface area (Å²) in [5, 5.41) is 6.42. The van der Waals surface area contributed by atoms with Crippen LogP contribution in [0.25, 0.3) is 0 Å². The van der Waals surface area contributed by atoms with Gasteiger partial charge in [0, 0.05) is 28.7 Å². The average molecular weight is 432 g/mol. The summed E-state index contributed by atoms with van der Waals surface area (Å²) in [6.45, 7) is 2.11. The second-order valence-corrected chi connectivity index (χ2v) is 8.50. The van der Waals surface area contributed by atoms with Crippen LogP contribution in [0.15, 0.2) is 84.9 Å². The van der Waals surface area contributed by atoms with Gasteiger partial charge in [0.1, 0.15) is 6.04 Å². The van der Waals surface area contributed by atoms with Crippen LogP contribution in [0.3, 0.4) is 0 Å². The highest BCUT2D eigenvalue weighted by Gasteiger charge is 2.35. The summed E-state index contributed by atoms with van der Waals surface area (Å²) < 4.78 is 0. The van der Waals surface area contributed by atoms with Gasteiger partial charge in [-0.05, 0) is 48.9 Å². The number of rotatable bonds is 6. The first kappa shape index (κ1) is 21.0. The molecule has 0 aliphatic carbocycles. The Kier molecular flexibility index (Phi) is 6.57. The number of amides is 2. The predicted octanol–water partition coefficient (Wildman–Crippen LogP) is 5.01. The molecule has 0 saturated carbocycles. The molecule has 0 unspecified atom stereocenters. The van der Waals surface area contributed by atoms with E-state index in [2.05, 4.69) is 29.7 Å². The minimum Gasteiger partial charge on any atom is -0.379 e. The van der Waals surface area contributed by atoms with Gasteiger partial charge in [0.05, 0.1) is 5.88 Å². The maximum atomic E-state index is 12.9. The van der Waals surface area contributed by atoms with Crippen molar-refractivity contribution in [1.29, 1.82) is 0 Å². The summed E-state index contributed by atoms with van der Waals surface area (Å²) >= 11 is 1.59. The maximum absolute atomic E-state index is 12.9. The summed E-state index contributed by atoms with van der Waals surface area (Å²) in [6, 6.07) is 26.7. The Morgan fingerprint density at radius 1 is 0.903 bits per heavy atom. The van der Waals surface area contributed by atoms with E-state index in [-0.39, 0.29) is 17.9 Å². The molecular formula is C25H25N3O2S. The van der Waals surface area contributed by atoms with Crippen molar-refractivity contribution < 1.29 is 9.59 Å². The van der Waals surface area contributed by atoms with E-state index in [0.717, 1.165) is 5.69 Å². The number of carbonyl (C=O) groups is 2. The normalized spacial score (nSPS) is 16.5. The van der Waals surface area contributed by atoms with E-state index in [0.29, 0.717) is 22.9 Å². The monoisotopic (exact) mass is 431 g/mol. The molecule has 6 heteroatoms. The number of hydrogen-bond acceptors (Lipinski definition) is 4. The van der Waals surface area contributed by atoms with E-state index in [1.54, 1.807) is 28.8 Å². The van der Waals surface area contributed by atoms with Crippen LogP contribution in [0.4, 0.5) is 11.4 Å². The minimum absolute atomic E-state index is 0.111. The van der Waals surface area contributed by atoms with Gasteiger partial charge in [-0.25, -0.2) is 0 Å². The molecule has 3 aromatic carbocycles. The fourth-order valence-electron chi connectivity index (χ4n) is 3.56. The first-order chi connectivity index (χ1) is 15.1. The lowest BCUT2D eigenvalue weighted by molar-refractivity contribution is -0.119. The van der Waals surface area contributed by atoms with Crippen molar-refractivity contribution in [3.63, 3.8) is 0 Å². The van der Waals surface area contributed by atoms with Crippen molar-refractivity contribution in [3.8, 4) is 0 Å². The molecule has 0 aromatic heterocycles. The van der Waals surface area contributed by atoms with Crippen LogP contribution < -0.4 is 10.6 Å². The number of nitrogens with zero attached hydrogens (tertiary/aromatic N) is 1. The highest BCUT2D eigenvalue weighted by molar-refractivity contribution is 7.99. The first-order valence-corrected chi connectivity index (χ1v) is 11.4. The molecule has 31 heavy (non-hydrogen) atoms. The fraction of sp³-hybridized carbons (Fsp3) is 0.200. The van der Waals surface area contributed by atoms with Crippen molar-refractivity contribution >= 4 is 35.0 Å². The van der Waals surface area contributed by atoms with Crippen molar-refractivity contribution in [2.24, 2.45) is 0 Å². The molecule has 2 atom stereocenters. The number of benzene rings is 3. The van der Waals surface area contributed by atoms with Gasteiger partial charge in [0.2, 0.25) is 5.91 Å². The number of hydrogen-bond donors (Lipinski definition) is 2. The van der Waals surface area contributed by atoms with Gasteiger partial charge >= 0.3 is 0 Å². The van der Waals surface area contributed by atoms with E-state index < -0.39 is 6.04 Å². The Hall–Kier alpha value is -3.25. The van der Waals surface area contributed by atoms with Crippen LogP contribution >= 0.6 is 11.8 Å².